The van der Waals surface area contributed by atoms with E-state index in [2.05, 4.69) is 12.2 Å². The number of hydrogen-bond acceptors (Lipinski definition) is 6. The number of esters is 1. The Morgan fingerprint density at radius 1 is 1.19 bits per heavy atom. The second-order valence-electron chi connectivity index (χ2n) is 8.26. The molecule has 2 aromatic rings. The van der Waals surface area contributed by atoms with E-state index in [0.717, 1.165) is 29.9 Å². The lowest BCUT2D eigenvalue weighted by molar-refractivity contribution is -0.136. The summed E-state index contributed by atoms with van der Waals surface area (Å²) in [5, 5.41) is 3.33. The van der Waals surface area contributed by atoms with E-state index in [-0.39, 0.29) is 11.7 Å². The molecule has 0 fully saturated rings. The molecule has 1 aromatic carbocycles. The first-order valence-corrected chi connectivity index (χ1v) is 11.1. The van der Waals surface area contributed by atoms with E-state index >= 15 is 0 Å². The van der Waals surface area contributed by atoms with E-state index in [9.17, 15) is 9.59 Å². The normalized spacial score (nSPS) is 20.7. The average Bonchev–Trinajstić information content (AvgIpc) is 3.33. The quantitative estimate of drug-likeness (QED) is 0.487. The standard InChI is InChI=1S/C26H29NO5/c1-4-5-12-32-22-10-7-6-9-18(22)24-23(26(29)30-3)16(2)27-19-14-17(15-20(28)25(19)24)21-11-8-13-31-21/h6-11,13,17,24,27H,4-5,12,14-15H2,1-3H3/t17-,24+/m0/s1. The summed E-state index contributed by atoms with van der Waals surface area (Å²) >= 11 is 0. The molecule has 168 valence electrons. The Kier molecular flexibility index (Phi) is 6.49. The number of unbranched alkanes of at least 4 members (excludes halogenated alkanes) is 1. The first kappa shape index (κ1) is 21.9. The number of methoxy groups -OCH3 is 1. The highest BCUT2D eigenvalue weighted by Crippen LogP contribution is 2.47. The maximum Gasteiger partial charge on any atom is 0.336 e. The lowest BCUT2D eigenvalue weighted by atomic mass is 9.72. The molecule has 4 rings (SSSR count). The Balaban J connectivity index is 1.81. The molecule has 0 bridgehead atoms. The van der Waals surface area contributed by atoms with Gasteiger partial charge in [-0.25, -0.2) is 4.79 Å². The van der Waals surface area contributed by atoms with Crippen LogP contribution in [0.2, 0.25) is 0 Å². The summed E-state index contributed by atoms with van der Waals surface area (Å²) in [6.45, 7) is 4.54. The van der Waals surface area contributed by atoms with Crippen LogP contribution in [0.1, 0.15) is 62.7 Å². The van der Waals surface area contributed by atoms with Crippen LogP contribution in [0, 0.1) is 0 Å². The van der Waals surface area contributed by atoms with E-state index < -0.39 is 11.9 Å². The Bertz CT molecular complexity index is 1060. The molecular weight excluding hydrogens is 406 g/mol. The summed E-state index contributed by atoms with van der Waals surface area (Å²) in [7, 11) is 1.36. The van der Waals surface area contributed by atoms with Gasteiger partial charge in [0.15, 0.2) is 5.78 Å². The van der Waals surface area contributed by atoms with Gasteiger partial charge in [0.1, 0.15) is 11.5 Å². The molecule has 32 heavy (non-hydrogen) atoms. The summed E-state index contributed by atoms with van der Waals surface area (Å²) in [5.41, 5.74) is 3.40. The third-order valence-electron chi connectivity index (χ3n) is 6.16. The molecule has 0 saturated carbocycles. The second-order valence-corrected chi connectivity index (χ2v) is 8.26. The van der Waals surface area contributed by atoms with Crippen LogP contribution in [-0.4, -0.2) is 25.5 Å². The molecule has 1 aromatic heterocycles. The van der Waals surface area contributed by atoms with Crippen molar-refractivity contribution in [3.8, 4) is 5.75 Å². The summed E-state index contributed by atoms with van der Waals surface area (Å²) in [6, 6.07) is 11.4. The van der Waals surface area contributed by atoms with E-state index in [1.807, 2.05) is 43.3 Å². The number of nitrogens with one attached hydrogen (secondary N) is 1. The zero-order chi connectivity index (χ0) is 22.7. The van der Waals surface area contributed by atoms with Crippen LogP contribution in [0.15, 0.2) is 69.6 Å². The predicted octanol–water partition coefficient (Wildman–Crippen LogP) is 4.99. The van der Waals surface area contributed by atoms with Crippen molar-refractivity contribution in [2.45, 2.75) is 51.4 Å². The molecule has 6 heteroatoms. The van der Waals surface area contributed by atoms with E-state index in [1.54, 1.807) is 6.26 Å². The highest BCUT2D eigenvalue weighted by atomic mass is 16.5. The largest absolute Gasteiger partial charge is 0.493 e. The summed E-state index contributed by atoms with van der Waals surface area (Å²) in [5.74, 6) is 0.467. The number of para-hydroxylation sites is 1. The summed E-state index contributed by atoms with van der Waals surface area (Å²) < 4.78 is 16.8. The van der Waals surface area contributed by atoms with Crippen LogP contribution < -0.4 is 10.1 Å². The molecule has 0 spiro atoms. The van der Waals surface area contributed by atoms with Crippen molar-refractivity contribution in [3.63, 3.8) is 0 Å². The molecule has 2 atom stereocenters. The number of ether oxygens (including phenoxy) is 2. The van der Waals surface area contributed by atoms with Gasteiger partial charge in [-0.2, -0.15) is 0 Å². The van der Waals surface area contributed by atoms with Gasteiger partial charge in [-0.15, -0.1) is 0 Å². The van der Waals surface area contributed by atoms with Gasteiger partial charge < -0.3 is 19.2 Å². The molecule has 1 N–H and O–H groups in total. The Morgan fingerprint density at radius 3 is 2.72 bits per heavy atom. The fourth-order valence-electron chi connectivity index (χ4n) is 4.63. The van der Waals surface area contributed by atoms with E-state index in [1.165, 1.54) is 7.11 Å². The number of dihydropyridines is 1. The second kappa shape index (κ2) is 9.47. The van der Waals surface area contributed by atoms with Crippen molar-refractivity contribution < 1.29 is 23.5 Å². The van der Waals surface area contributed by atoms with Crippen LogP contribution in [0.5, 0.6) is 5.75 Å². The molecule has 0 radical (unpaired) electrons. The molecule has 0 unspecified atom stereocenters. The highest BCUT2D eigenvalue weighted by Gasteiger charge is 2.42. The number of furan rings is 1. The highest BCUT2D eigenvalue weighted by molar-refractivity contribution is 6.04. The van der Waals surface area contributed by atoms with Crippen molar-refractivity contribution in [1.82, 2.24) is 5.32 Å². The zero-order valence-corrected chi connectivity index (χ0v) is 18.8. The third-order valence-corrected chi connectivity index (χ3v) is 6.16. The number of carbonyl (C=O) groups is 2. The first-order chi connectivity index (χ1) is 15.5. The number of ketones is 1. The monoisotopic (exact) mass is 435 g/mol. The van der Waals surface area contributed by atoms with Gasteiger partial charge in [-0.1, -0.05) is 31.5 Å². The van der Waals surface area contributed by atoms with Gasteiger partial charge >= 0.3 is 5.97 Å². The van der Waals surface area contributed by atoms with Crippen LogP contribution in [0.3, 0.4) is 0 Å². The summed E-state index contributed by atoms with van der Waals surface area (Å²) in [4.78, 5) is 26.4. The van der Waals surface area contributed by atoms with Gasteiger partial charge in [-0.3, -0.25) is 4.79 Å². The van der Waals surface area contributed by atoms with Crippen LogP contribution in [-0.2, 0) is 14.3 Å². The van der Waals surface area contributed by atoms with Crippen molar-refractivity contribution in [2.24, 2.45) is 0 Å². The van der Waals surface area contributed by atoms with E-state index in [0.29, 0.717) is 42.0 Å². The van der Waals surface area contributed by atoms with Crippen LogP contribution in [0.4, 0.5) is 0 Å². The average molecular weight is 436 g/mol. The Labute approximate surface area is 188 Å². The predicted molar refractivity (Wildman–Crippen MR) is 120 cm³/mol. The number of allylic oxidation sites excluding steroid dienone is 3. The molecule has 0 amide bonds. The minimum atomic E-state index is -0.540. The van der Waals surface area contributed by atoms with Crippen molar-refractivity contribution >= 4 is 11.8 Å². The minimum Gasteiger partial charge on any atom is -0.493 e. The third kappa shape index (κ3) is 4.09. The number of carbonyl (C=O) groups excluding carboxylic acids is 2. The van der Waals surface area contributed by atoms with Gasteiger partial charge in [0.25, 0.3) is 0 Å². The zero-order valence-electron chi connectivity index (χ0n) is 18.8. The molecular formula is C26H29NO5. The molecule has 2 heterocycles. The fourth-order valence-corrected chi connectivity index (χ4v) is 4.63. The van der Waals surface area contributed by atoms with Gasteiger partial charge in [0, 0.05) is 34.9 Å². The van der Waals surface area contributed by atoms with Crippen molar-refractivity contribution in [3.05, 3.63) is 76.5 Å². The molecule has 6 nitrogen and oxygen atoms in total. The molecule has 2 aliphatic rings. The Hall–Kier alpha value is -3.28. The topological polar surface area (TPSA) is 77.8 Å². The first-order valence-electron chi connectivity index (χ1n) is 11.1. The summed E-state index contributed by atoms with van der Waals surface area (Å²) in [6.07, 6.45) is 4.54. The maximum absolute atomic E-state index is 13.5. The van der Waals surface area contributed by atoms with Crippen LogP contribution >= 0.6 is 0 Å². The minimum absolute atomic E-state index is 0.00224. The molecule has 1 aliphatic heterocycles. The van der Waals surface area contributed by atoms with Crippen molar-refractivity contribution in [2.75, 3.05) is 13.7 Å². The number of Topliss-reactive ketones (excluding diaryl/α,β-unsaturated/α-hetero) is 1. The van der Waals surface area contributed by atoms with Crippen molar-refractivity contribution in [1.29, 1.82) is 0 Å². The van der Waals surface area contributed by atoms with E-state index in [4.69, 9.17) is 13.9 Å². The Morgan fingerprint density at radius 2 is 2.00 bits per heavy atom. The van der Waals surface area contributed by atoms with Gasteiger partial charge in [0.2, 0.25) is 0 Å². The van der Waals surface area contributed by atoms with Gasteiger partial charge in [0.05, 0.1) is 31.5 Å². The number of rotatable bonds is 7. The number of benzene rings is 1. The fraction of sp³-hybridized carbons (Fsp3) is 0.385. The lowest BCUT2D eigenvalue weighted by Gasteiger charge is -2.36. The maximum atomic E-state index is 13.5. The van der Waals surface area contributed by atoms with Gasteiger partial charge in [-0.05, 0) is 38.0 Å². The smallest absolute Gasteiger partial charge is 0.336 e. The number of hydrogen-bond donors (Lipinski definition) is 1. The SMILES string of the molecule is CCCCOc1ccccc1[C@@H]1C(C(=O)OC)=C(C)NC2=C1C(=O)C[C@@H](c1ccco1)C2. The van der Waals surface area contributed by atoms with Crippen LogP contribution in [0.25, 0.3) is 0 Å². The molecule has 1 aliphatic carbocycles. The lowest BCUT2D eigenvalue weighted by Crippen LogP contribution is -2.36. The molecule has 0 saturated heterocycles.